The maximum atomic E-state index is 13.5. The van der Waals surface area contributed by atoms with E-state index in [4.69, 9.17) is 13.9 Å². The number of carbonyl (C=O) groups is 3. The first kappa shape index (κ1) is 24.7. The molecular formula is C27H20FN3O7. The van der Waals surface area contributed by atoms with Crippen LogP contribution in [0.2, 0.25) is 0 Å². The van der Waals surface area contributed by atoms with Gasteiger partial charge >= 0.3 is 6.03 Å². The smallest absolute Gasteiger partial charge is 0.328 e. The van der Waals surface area contributed by atoms with Gasteiger partial charge in [0.2, 0.25) is 5.89 Å². The Morgan fingerprint density at radius 1 is 0.868 bits per heavy atom. The molecule has 11 heteroatoms. The molecule has 0 radical (unpaired) electrons. The maximum absolute atomic E-state index is 13.5. The third-order valence-electron chi connectivity index (χ3n) is 5.73. The molecule has 10 nitrogen and oxygen atoms in total. The Morgan fingerprint density at radius 3 is 2.13 bits per heavy atom. The molecule has 1 aromatic heterocycles. The molecule has 1 fully saturated rings. The number of oxazole rings is 1. The highest BCUT2D eigenvalue weighted by molar-refractivity contribution is 6.21. The molecule has 0 atom stereocenters. The minimum absolute atomic E-state index is 0.152. The molecule has 4 amide bonds. The van der Waals surface area contributed by atoms with E-state index < -0.39 is 30.1 Å². The van der Waals surface area contributed by atoms with Gasteiger partial charge < -0.3 is 19.0 Å². The Balaban J connectivity index is 1.26. The highest BCUT2D eigenvalue weighted by Crippen LogP contribution is 2.30. The van der Waals surface area contributed by atoms with E-state index >= 15 is 0 Å². The second-order valence-corrected chi connectivity index (χ2v) is 8.29. The fraction of sp³-hybridized carbons (Fsp3) is 0.111. The summed E-state index contributed by atoms with van der Waals surface area (Å²) in [6.07, 6.45) is 1.11. The number of halogens is 1. The number of nitrogens with zero attached hydrogens (tertiary/aromatic N) is 1. The van der Waals surface area contributed by atoms with Crippen LogP contribution in [-0.2, 0) is 9.59 Å². The molecule has 0 spiro atoms. The zero-order chi connectivity index (χ0) is 26.7. The highest BCUT2D eigenvalue weighted by atomic mass is 19.1. The number of amides is 4. The third kappa shape index (κ3) is 4.95. The largest absolute Gasteiger partial charge is 0.467 e. The van der Waals surface area contributed by atoms with Crippen molar-refractivity contribution in [1.29, 1.82) is 0 Å². The Kier molecular flexibility index (Phi) is 6.58. The Bertz CT molecular complexity index is 1480. The molecule has 2 heterocycles. The zero-order valence-electron chi connectivity index (χ0n) is 19.6. The lowest BCUT2D eigenvalue weighted by Gasteiger charge is -2.33. The molecule has 1 aliphatic heterocycles. The van der Waals surface area contributed by atoms with E-state index in [-0.39, 0.29) is 18.0 Å². The summed E-state index contributed by atoms with van der Waals surface area (Å²) in [7, 11) is 0. The number of hydrogen-bond donors (Lipinski definition) is 3. The maximum Gasteiger partial charge on any atom is 0.328 e. The molecule has 1 aliphatic rings. The zero-order valence-corrected chi connectivity index (χ0v) is 19.6. The second kappa shape index (κ2) is 10.1. The Labute approximate surface area is 215 Å². The Morgan fingerprint density at radius 2 is 1.50 bits per heavy atom. The number of rotatable bonds is 8. The van der Waals surface area contributed by atoms with Gasteiger partial charge in [0.15, 0.2) is 0 Å². The van der Waals surface area contributed by atoms with Crippen molar-refractivity contribution in [2.24, 2.45) is 0 Å². The van der Waals surface area contributed by atoms with Gasteiger partial charge in [0.1, 0.15) is 35.0 Å². The van der Waals surface area contributed by atoms with Crippen LogP contribution in [0.3, 0.4) is 0 Å². The van der Waals surface area contributed by atoms with Crippen molar-refractivity contribution in [3.8, 4) is 40.0 Å². The number of hydrogen-bond acceptors (Lipinski definition) is 8. The van der Waals surface area contributed by atoms with Crippen molar-refractivity contribution in [3.63, 3.8) is 0 Å². The Hall–Kier alpha value is -5.03. The van der Waals surface area contributed by atoms with Crippen LogP contribution in [-0.4, -0.2) is 40.1 Å². The van der Waals surface area contributed by atoms with Crippen LogP contribution in [0.5, 0.6) is 17.2 Å². The highest BCUT2D eigenvalue weighted by Gasteiger charge is 2.52. The van der Waals surface area contributed by atoms with Crippen LogP contribution < -0.4 is 20.1 Å². The molecule has 0 aliphatic carbocycles. The third-order valence-corrected chi connectivity index (χ3v) is 5.73. The fourth-order valence-corrected chi connectivity index (χ4v) is 3.84. The van der Waals surface area contributed by atoms with Gasteiger partial charge in [-0.3, -0.25) is 20.2 Å². The van der Waals surface area contributed by atoms with Gasteiger partial charge in [-0.05, 0) is 60.7 Å². The summed E-state index contributed by atoms with van der Waals surface area (Å²) in [5, 5.41) is 13.3. The van der Waals surface area contributed by atoms with Crippen LogP contribution in [0.4, 0.5) is 9.18 Å². The first-order valence-electron chi connectivity index (χ1n) is 11.4. The summed E-state index contributed by atoms with van der Waals surface area (Å²) in [5.74, 6) is -0.812. The van der Waals surface area contributed by atoms with Gasteiger partial charge in [0, 0.05) is 24.2 Å². The number of benzene rings is 3. The molecule has 0 unspecified atom stereocenters. The van der Waals surface area contributed by atoms with E-state index in [2.05, 4.69) is 4.98 Å². The summed E-state index contributed by atoms with van der Waals surface area (Å²) in [6.45, 7) is -0.522. The van der Waals surface area contributed by atoms with Crippen LogP contribution in [0.1, 0.15) is 6.42 Å². The van der Waals surface area contributed by atoms with Crippen molar-refractivity contribution in [2.75, 3.05) is 6.61 Å². The van der Waals surface area contributed by atoms with Crippen LogP contribution >= 0.6 is 0 Å². The minimum atomic E-state index is -2.09. The first-order valence-corrected chi connectivity index (χ1v) is 11.4. The monoisotopic (exact) mass is 517 g/mol. The number of urea groups is 1. The number of carbonyl (C=O) groups excluding carboxylic acids is 3. The molecule has 0 saturated carbocycles. The molecular weight excluding hydrogens is 497 g/mol. The van der Waals surface area contributed by atoms with E-state index in [9.17, 15) is 23.9 Å². The summed E-state index contributed by atoms with van der Waals surface area (Å²) >= 11 is 0. The van der Waals surface area contributed by atoms with Crippen LogP contribution in [0.15, 0.2) is 83.5 Å². The minimum Gasteiger partial charge on any atom is -0.467 e. The van der Waals surface area contributed by atoms with Crippen molar-refractivity contribution in [2.45, 2.75) is 12.0 Å². The van der Waals surface area contributed by atoms with Crippen molar-refractivity contribution < 1.29 is 37.8 Å². The van der Waals surface area contributed by atoms with E-state index in [0.717, 1.165) is 0 Å². The number of imide groups is 2. The van der Waals surface area contributed by atoms with E-state index in [1.165, 1.54) is 30.5 Å². The lowest BCUT2D eigenvalue weighted by molar-refractivity contribution is -0.152. The molecule has 1 saturated heterocycles. The van der Waals surface area contributed by atoms with Gasteiger partial charge in [-0.2, -0.15) is 0 Å². The number of barbiturate groups is 1. The predicted molar refractivity (Wildman–Crippen MR) is 131 cm³/mol. The number of nitrogens with one attached hydrogen (secondary N) is 2. The van der Waals surface area contributed by atoms with Gasteiger partial charge in [0.05, 0.1) is 0 Å². The SMILES string of the molecule is O=C1NC(=O)C(CCO)(Oc2ccc(Oc3ccc(-c4nc(-c5cccc(F)c5)co4)cc3)cc2)C(=O)N1. The van der Waals surface area contributed by atoms with Gasteiger partial charge in [0.25, 0.3) is 17.4 Å². The molecule has 5 rings (SSSR count). The number of aliphatic hydroxyl groups is 1. The standard InChI is InChI=1S/C27H20FN3O7/c28-18-3-1-2-17(14-18)22-15-36-23(29-22)16-4-6-19(7-5-16)37-20-8-10-21(11-9-20)38-27(12-13-32)24(33)30-26(35)31-25(27)34/h1-11,14-15,32H,12-13H2,(H2,30,31,33,34,35). The molecule has 3 N–H and O–H groups in total. The molecule has 4 aromatic rings. The van der Waals surface area contributed by atoms with E-state index in [1.54, 1.807) is 48.5 Å². The van der Waals surface area contributed by atoms with Crippen molar-refractivity contribution in [1.82, 2.24) is 15.6 Å². The number of ether oxygens (including phenoxy) is 2. The lowest BCUT2D eigenvalue weighted by atomic mass is 9.95. The van der Waals surface area contributed by atoms with Crippen LogP contribution in [0, 0.1) is 5.82 Å². The average Bonchev–Trinajstić information content (AvgIpc) is 3.39. The van der Waals surface area contributed by atoms with Crippen molar-refractivity contribution >= 4 is 17.8 Å². The fourth-order valence-electron chi connectivity index (χ4n) is 3.84. The summed E-state index contributed by atoms with van der Waals surface area (Å²) in [6, 6.07) is 18.2. The summed E-state index contributed by atoms with van der Waals surface area (Å²) in [4.78, 5) is 40.6. The first-order chi connectivity index (χ1) is 18.4. The van der Waals surface area contributed by atoms with E-state index in [0.29, 0.717) is 34.2 Å². The molecule has 3 aromatic carbocycles. The van der Waals surface area contributed by atoms with E-state index in [1.807, 2.05) is 10.6 Å². The number of aliphatic hydroxyl groups excluding tert-OH is 1. The van der Waals surface area contributed by atoms with Gasteiger partial charge in [-0.1, -0.05) is 12.1 Å². The van der Waals surface area contributed by atoms with Crippen molar-refractivity contribution in [3.05, 3.63) is 84.9 Å². The lowest BCUT2D eigenvalue weighted by Crippen LogP contribution is -2.69. The quantitative estimate of drug-likeness (QED) is 0.300. The van der Waals surface area contributed by atoms with Crippen LogP contribution in [0.25, 0.3) is 22.7 Å². The molecule has 192 valence electrons. The molecule has 38 heavy (non-hydrogen) atoms. The number of aromatic nitrogens is 1. The second-order valence-electron chi connectivity index (χ2n) is 8.29. The molecule has 0 bridgehead atoms. The summed E-state index contributed by atoms with van der Waals surface area (Å²) < 4.78 is 30.5. The predicted octanol–water partition coefficient (Wildman–Crippen LogP) is 3.81. The summed E-state index contributed by atoms with van der Waals surface area (Å²) in [5.41, 5.74) is -0.277. The van der Waals surface area contributed by atoms with Gasteiger partial charge in [-0.15, -0.1) is 0 Å². The van der Waals surface area contributed by atoms with Gasteiger partial charge in [-0.25, -0.2) is 14.2 Å². The normalized spacial score (nSPS) is 14.5. The average molecular weight is 517 g/mol. The topological polar surface area (TPSA) is 140 Å².